The van der Waals surface area contributed by atoms with E-state index in [9.17, 15) is 13.2 Å². The van der Waals surface area contributed by atoms with Crippen molar-refractivity contribution in [3.63, 3.8) is 0 Å². The number of sulfonamides is 1. The maximum absolute atomic E-state index is 12.6. The van der Waals surface area contributed by atoms with Gasteiger partial charge in [-0.25, -0.2) is 8.42 Å². The van der Waals surface area contributed by atoms with Crippen LogP contribution in [0.4, 0.5) is 0 Å². The molecule has 0 N–H and O–H groups in total. The van der Waals surface area contributed by atoms with Gasteiger partial charge in [0.25, 0.3) is 0 Å². The molecule has 112 valence electrons. The monoisotopic (exact) mass is 301 g/mol. The summed E-state index contributed by atoms with van der Waals surface area (Å²) in [6.07, 6.45) is 6.24. The highest BCUT2D eigenvalue weighted by Gasteiger charge is 2.35. The van der Waals surface area contributed by atoms with Gasteiger partial charge in [-0.05, 0) is 12.8 Å². The lowest BCUT2D eigenvalue weighted by molar-refractivity contribution is -0.141. The molecule has 0 bridgehead atoms. The van der Waals surface area contributed by atoms with Crippen molar-refractivity contribution in [3.8, 4) is 0 Å². The first-order valence-electron chi connectivity index (χ1n) is 6.52. The third-order valence-electron chi connectivity index (χ3n) is 3.53. The summed E-state index contributed by atoms with van der Waals surface area (Å²) in [5, 5.41) is 3.89. The van der Waals surface area contributed by atoms with Gasteiger partial charge in [0.15, 0.2) is 0 Å². The van der Waals surface area contributed by atoms with Crippen LogP contribution in [0.5, 0.6) is 0 Å². The minimum atomic E-state index is -3.72. The van der Waals surface area contributed by atoms with Gasteiger partial charge in [0, 0.05) is 19.3 Å². The Morgan fingerprint density at radius 3 is 2.65 bits per heavy atom. The van der Waals surface area contributed by atoms with Crippen LogP contribution in [0.15, 0.2) is 17.3 Å². The zero-order valence-electron chi connectivity index (χ0n) is 11.7. The Bertz CT molecular complexity index is 575. The van der Waals surface area contributed by atoms with E-state index in [1.54, 1.807) is 7.05 Å². The highest BCUT2D eigenvalue weighted by atomic mass is 32.2. The molecule has 0 aromatic carbocycles. The number of aryl methyl sites for hydroxylation is 1. The molecular weight excluding hydrogens is 282 g/mol. The fraction of sp³-hybridized carbons (Fsp3) is 0.667. The van der Waals surface area contributed by atoms with Gasteiger partial charge in [-0.2, -0.15) is 9.40 Å². The lowest BCUT2D eigenvalue weighted by Gasteiger charge is -2.26. The molecule has 0 radical (unpaired) electrons. The van der Waals surface area contributed by atoms with Crippen LogP contribution in [0.25, 0.3) is 0 Å². The minimum Gasteiger partial charge on any atom is -0.468 e. The summed E-state index contributed by atoms with van der Waals surface area (Å²) in [5.41, 5.74) is 0. The van der Waals surface area contributed by atoms with E-state index in [1.165, 1.54) is 28.5 Å². The number of esters is 1. The molecule has 1 aromatic rings. The van der Waals surface area contributed by atoms with Gasteiger partial charge in [-0.1, -0.05) is 12.8 Å². The smallest absolute Gasteiger partial charge is 0.321 e. The molecule has 7 nitrogen and oxygen atoms in total. The highest BCUT2D eigenvalue weighted by molar-refractivity contribution is 7.89. The van der Waals surface area contributed by atoms with Crippen molar-refractivity contribution >= 4 is 16.0 Å². The normalized spacial score (nSPS) is 16.8. The lowest BCUT2D eigenvalue weighted by atomic mass is 10.2. The van der Waals surface area contributed by atoms with Crippen molar-refractivity contribution < 1.29 is 17.9 Å². The molecule has 0 atom stereocenters. The number of nitrogens with zero attached hydrogens (tertiary/aromatic N) is 3. The molecule has 8 heteroatoms. The average Bonchev–Trinajstić information content (AvgIpc) is 3.06. The Hall–Kier alpha value is -1.41. The summed E-state index contributed by atoms with van der Waals surface area (Å²) >= 11 is 0. The second-order valence-electron chi connectivity index (χ2n) is 4.91. The van der Waals surface area contributed by atoms with Crippen LogP contribution in [0.1, 0.15) is 25.7 Å². The molecule has 2 rings (SSSR count). The minimum absolute atomic E-state index is 0.107. The van der Waals surface area contributed by atoms with Crippen LogP contribution in [0.3, 0.4) is 0 Å². The highest BCUT2D eigenvalue weighted by Crippen LogP contribution is 2.28. The molecular formula is C12H19N3O4S. The third kappa shape index (κ3) is 3.01. The molecule has 0 saturated heterocycles. The second kappa shape index (κ2) is 5.92. The van der Waals surface area contributed by atoms with Crippen LogP contribution in [0.2, 0.25) is 0 Å². The lowest BCUT2D eigenvalue weighted by Crippen LogP contribution is -2.42. The fourth-order valence-electron chi connectivity index (χ4n) is 2.46. The summed E-state index contributed by atoms with van der Waals surface area (Å²) in [6.45, 7) is -0.252. The van der Waals surface area contributed by atoms with Crippen molar-refractivity contribution in [2.24, 2.45) is 7.05 Å². The Kier molecular flexibility index (Phi) is 4.44. The van der Waals surface area contributed by atoms with E-state index in [0.717, 1.165) is 25.7 Å². The number of hydrogen-bond donors (Lipinski definition) is 0. The first-order valence-corrected chi connectivity index (χ1v) is 7.96. The Morgan fingerprint density at radius 1 is 1.50 bits per heavy atom. The van der Waals surface area contributed by atoms with Crippen molar-refractivity contribution in [3.05, 3.63) is 12.4 Å². The van der Waals surface area contributed by atoms with Crippen LogP contribution in [-0.4, -0.2) is 48.2 Å². The number of carbonyl (C=O) groups is 1. The molecule has 1 aliphatic carbocycles. The second-order valence-corrected chi connectivity index (χ2v) is 6.80. The Morgan fingerprint density at radius 2 is 2.15 bits per heavy atom. The number of ether oxygens (including phenoxy) is 1. The summed E-state index contributed by atoms with van der Waals surface area (Å²) < 4.78 is 32.6. The van der Waals surface area contributed by atoms with Crippen LogP contribution in [0, 0.1) is 0 Å². The summed E-state index contributed by atoms with van der Waals surface area (Å²) in [7, 11) is -0.812. The molecule has 20 heavy (non-hydrogen) atoms. The number of hydrogen-bond acceptors (Lipinski definition) is 5. The predicted octanol–water partition coefficient (Wildman–Crippen LogP) is 0.526. The van der Waals surface area contributed by atoms with Gasteiger partial charge in [0.05, 0.1) is 13.3 Å². The van der Waals surface area contributed by atoms with E-state index in [2.05, 4.69) is 9.84 Å². The van der Waals surface area contributed by atoms with Gasteiger partial charge in [0.2, 0.25) is 10.0 Å². The number of methoxy groups -OCH3 is 1. The molecule has 0 amide bonds. The molecule has 1 saturated carbocycles. The Labute approximate surface area is 118 Å². The van der Waals surface area contributed by atoms with Crippen LogP contribution >= 0.6 is 0 Å². The molecule has 1 heterocycles. The third-order valence-corrected chi connectivity index (χ3v) is 5.38. The van der Waals surface area contributed by atoms with E-state index in [1.807, 2.05) is 0 Å². The zero-order valence-corrected chi connectivity index (χ0v) is 12.5. The topological polar surface area (TPSA) is 81.5 Å². The van der Waals surface area contributed by atoms with Gasteiger partial charge in [0.1, 0.15) is 11.4 Å². The average molecular weight is 301 g/mol. The Balaban J connectivity index is 2.31. The maximum Gasteiger partial charge on any atom is 0.321 e. The summed E-state index contributed by atoms with van der Waals surface area (Å²) in [4.78, 5) is 11.6. The van der Waals surface area contributed by atoms with Crippen molar-refractivity contribution in [2.45, 2.75) is 36.6 Å². The number of rotatable bonds is 5. The van der Waals surface area contributed by atoms with Crippen LogP contribution in [-0.2, 0) is 26.6 Å². The largest absolute Gasteiger partial charge is 0.468 e. The van der Waals surface area contributed by atoms with Gasteiger partial charge >= 0.3 is 5.97 Å². The van der Waals surface area contributed by atoms with Crippen molar-refractivity contribution in [1.29, 1.82) is 0 Å². The molecule has 0 spiro atoms. The molecule has 0 unspecified atom stereocenters. The molecule has 1 aliphatic rings. The quantitative estimate of drug-likeness (QED) is 0.741. The summed E-state index contributed by atoms with van der Waals surface area (Å²) in [6, 6.07) is -0.140. The van der Waals surface area contributed by atoms with E-state index >= 15 is 0 Å². The van der Waals surface area contributed by atoms with Gasteiger partial charge in [-0.3, -0.25) is 9.48 Å². The van der Waals surface area contributed by atoms with Gasteiger partial charge < -0.3 is 4.74 Å². The zero-order chi connectivity index (χ0) is 14.8. The number of carbonyl (C=O) groups excluding carboxylic acids is 1. The van der Waals surface area contributed by atoms with E-state index < -0.39 is 16.0 Å². The molecule has 0 aliphatic heterocycles. The fourth-order valence-corrected chi connectivity index (χ4v) is 4.08. The van der Waals surface area contributed by atoms with Crippen LogP contribution < -0.4 is 0 Å². The SMILES string of the molecule is COC(=O)CN(C1CCCC1)S(=O)(=O)c1cnn(C)c1. The van der Waals surface area contributed by atoms with Crippen molar-refractivity contribution in [1.82, 2.24) is 14.1 Å². The molecule has 1 fully saturated rings. The van der Waals surface area contributed by atoms with E-state index in [0.29, 0.717) is 0 Å². The van der Waals surface area contributed by atoms with Gasteiger partial charge in [-0.15, -0.1) is 0 Å². The molecule has 1 aromatic heterocycles. The van der Waals surface area contributed by atoms with E-state index in [4.69, 9.17) is 0 Å². The number of aromatic nitrogens is 2. The first kappa shape index (κ1) is 15.0. The predicted molar refractivity (Wildman–Crippen MR) is 71.4 cm³/mol. The van der Waals surface area contributed by atoms with Crippen molar-refractivity contribution in [2.75, 3.05) is 13.7 Å². The summed E-state index contributed by atoms with van der Waals surface area (Å²) in [5.74, 6) is -0.552. The first-order chi connectivity index (χ1) is 9.45. The standard InChI is InChI=1S/C12H19N3O4S/c1-14-8-11(7-13-14)20(17,18)15(9-12(16)19-2)10-5-3-4-6-10/h7-8,10H,3-6,9H2,1-2H3. The van der Waals surface area contributed by atoms with E-state index in [-0.39, 0.29) is 17.5 Å². The maximum atomic E-state index is 12.6.